The molecule has 0 aromatic heterocycles. The van der Waals surface area contributed by atoms with Crippen LogP contribution in [0.1, 0.15) is 20.3 Å². The molecule has 0 bridgehead atoms. The lowest BCUT2D eigenvalue weighted by Gasteiger charge is -2.21. The summed E-state index contributed by atoms with van der Waals surface area (Å²) in [5.74, 6) is -0.804. The lowest BCUT2D eigenvalue weighted by atomic mass is 9.91. The molecule has 0 aliphatic carbocycles. The van der Waals surface area contributed by atoms with Gasteiger partial charge in [0.1, 0.15) is 6.10 Å². The number of para-hydroxylation sites is 1. The van der Waals surface area contributed by atoms with Crippen LogP contribution < -0.4 is 4.72 Å². The fourth-order valence-corrected chi connectivity index (χ4v) is 4.18. The molecule has 25 heavy (non-hydrogen) atoms. The number of nitro groups is 1. The number of esters is 1. The highest BCUT2D eigenvalue weighted by Gasteiger charge is 2.42. The first-order chi connectivity index (χ1) is 11.7. The molecule has 2 rings (SSSR count). The van der Waals surface area contributed by atoms with E-state index in [1.165, 1.54) is 12.1 Å². The molecule has 1 heterocycles. The van der Waals surface area contributed by atoms with E-state index in [9.17, 15) is 28.4 Å². The number of nitrogens with zero attached hydrogens (tertiary/aromatic N) is 1. The summed E-state index contributed by atoms with van der Waals surface area (Å²) in [5, 5.41) is 20.6. The molecule has 1 aliphatic heterocycles. The van der Waals surface area contributed by atoms with Crippen molar-refractivity contribution in [1.29, 1.82) is 0 Å². The third-order valence-corrected chi connectivity index (χ3v) is 5.70. The van der Waals surface area contributed by atoms with Gasteiger partial charge in [-0.25, -0.2) is 13.1 Å². The van der Waals surface area contributed by atoms with Gasteiger partial charge < -0.3 is 9.84 Å². The number of aliphatic hydroxyl groups is 1. The maximum atomic E-state index is 12.5. The number of nitrogens with one attached hydrogen (secondary N) is 1. The second-order valence-electron chi connectivity index (χ2n) is 6.20. The number of nitro benzene ring substituents is 1. The summed E-state index contributed by atoms with van der Waals surface area (Å²) < 4.78 is 32.4. The van der Waals surface area contributed by atoms with E-state index in [2.05, 4.69) is 4.72 Å². The van der Waals surface area contributed by atoms with Crippen molar-refractivity contribution in [2.75, 3.05) is 6.61 Å². The van der Waals surface area contributed by atoms with E-state index < -0.39 is 50.3 Å². The molecule has 10 heteroatoms. The van der Waals surface area contributed by atoms with Gasteiger partial charge in [0, 0.05) is 6.07 Å². The molecular weight excluding hydrogens is 352 g/mol. The Kier molecular flexibility index (Phi) is 5.76. The average molecular weight is 372 g/mol. The summed E-state index contributed by atoms with van der Waals surface area (Å²) in [5.41, 5.74) is -0.574. The Morgan fingerprint density at radius 2 is 2.04 bits per heavy atom. The van der Waals surface area contributed by atoms with Gasteiger partial charge in [0.05, 0.1) is 23.5 Å². The van der Waals surface area contributed by atoms with E-state index in [4.69, 9.17) is 4.74 Å². The second-order valence-corrected chi connectivity index (χ2v) is 7.88. The minimum atomic E-state index is -4.28. The molecule has 138 valence electrons. The van der Waals surface area contributed by atoms with Crippen LogP contribution in [0.2, 0.25) is 0 Å². The summed E-state index contributed by atoms with van der Waals surface area (Å²) in [4.78, 5) is 21.6. The van der Waals surface area contributed by atoms with Gasteiger partial charge in [-0.2, -0.15) is 0 Å². The van der Waals surface area contributed by atoms with Crippen LogP contribution in [0.25, 0.3) is 0 Å². The zero-order valence-corrected chi connectivity index (χ0v) is 14.6. The number of sulfonamides is 1. The predicted molar refractivity (Wildman–Crippen MR) is 87.1 cm³/mol. The number of cyclic esters (lactones) is 1. The quantitative estimate of drug-likeness (QED) is 0.411. The highest BCUT2D eigenvalue weighted by atomic mass is 32.2. The number of ether oxygens (including phenoxy) is 1. The second kappa shape index (κ2) is 7.46. The van der Waals surface area contributed by atoms with Crippen LogP contribution in [0, 0.1) is 22.0 Å². The Morgan fingerprint density at radius 1 is 1.40 bits per heavy atom. The zero-order valence-electron chi connectivity index (χ0n) is 13.8. The molecule has 1 aliphatic rings. The maximum Gasteiger partial charge on any atom is 0.309 e. The first-order valence-electron chi connectivity index (χ1n) is 7.74. The fourth-order valence-electron chi connectivity index (χ4n) is 2.75. The van der Waals surface area contributed by atoms with Crippen molar-refractivity contribution >= 4 is 21.7 Å². The number of aliphatic hydroxyl groups excluding tert-OH is 1. The van der Waals surface area contributed by atoms with Gasteiger partial charge in [-0.05, 0) is 18.4 Å². The molecule has 1 aromatic rings. The molecule has 3 atom stereocenters. The van der Waals surface area contributed by atoms with E-state index in [0.29, 0.717) is 0 Å². The molecule has 9 nitrogen and oxygen atoms in total. The standard InChI is InChI=1S/C15H20N2O7S/c1-9(2)10-7-13(24-15(10)19)11(8-18)16-25(22,23)14-6-4-3-5-12(14)17(20)21/h3-6,9-11,13,16,18H,7-8H2,1-2H3/t10-,11-,13-/m0/s1. The Labute approximate surface area is 145 Å². The largest absolute Gasteiger partial charge is 0.460 e. The summed E-state index contributed by atoms with van der Waals surface area (Å²) in [7, 11) is -4.28. The van der Waals surface area contributed by atoms with Crippen LogP contribution in [0.5, 0.6) is 0 Å². The van der Waals surface area contributed by atoms with Gasteiger partial charge in [0.2, 0.25) is 10.0 Å². The molecule has 1 aromatic carbocycles. The summed E-state index contributed by atoms with van der Waals surface area (Å²) in [6, 6.07) is 3.81. The summed E-state index contributed by atoms with van der Waals surface area (Å²) in [6.07, 6.45) is -0.566. The summed E-state index contributed by atoms with van der Waals surface area (Å²) >= 11 is 0. The van der Waals surface area contributed by atoms with Crippen LogP contribution >= 0.6 is 0 Å². The Balaban J connectivity index is 2.24. The Bertz CT molecular complexity index is 763. The van der Waals surface area contributed by atoms with Crippen molar-refractivity contribution in [3.05, 3.63) is 34.4 Å². The van der Waals surface area contributed by atoms with Crippen molar-refractivity contribution in [1.82, 2.24) is 4.72 Å². The molecule has 1 fully saturated rings. The van der Waals surface area contributed by atoms with Crippen LogP contribution in [-0.4, -0.2) is 43.2 Å². The topological polar surface area (TPSA) is 136 Å². The first-order valence-corrected chi connectivity index (χ1v) is 9.22. The molecule has 0 amide bonds. The average Bonchev–Trinajstić information content (AvgIpc) is 2.94. The first kappa shape index (κ1) is 19.3. The number of hydrogen-bond acceptors (Lipinski definition) is 7. The van der Waals surface area contributed by atoms with Crippen LogP contribution in [-0.2, 0) is 19.6 Å². The lowest BCUT2D eigenvalue weighted by Crippen LogP contribution is -2.45. The molecule has 2 N–H and O–H groups in total. The lowest BCUT2D eigenvalue weighted by molar-refractivity contribution is -0.387. The van der Waals surface area contributed by atoms with Gasteiger partial charge >= 0.3 is 5.97 Å². The smallest absolute Gasteiger partial charge is 0.309 e. The number of benzene rings is 1. The van der Waals surface area contributed by atoms with Crippen molar-refractivity contribution < 1.29 is 28.0 Å². The van der Waals surface area contributed by atoms with E-state index in [-0.39, 0.29) is 18.3 Å². The number of carbonyl (C=O) groups excluding carboxylic acids is 1. The van der Waals surface area contributed by atoms with E-state index in [0.717, 1.165) is 12.1 Å². The molecule has 0 saturated carbocycles. The van der Waals surface area contributed by atoms with E-state index in [1.807, 2.05) is 13.8 Å². The zero-order chi connectivity index (χ0) is 18.8. The normalized spacial score (nSPS) is 22.0. The molecular formula is C15H20N2O7S. The predicted octanol–water partition coefficient (Wildman–Crippen LogP) is 0.822. The maximum absolute atomic E-state index is 12.5. The number of hydrogen-bond donors (Lipinski definition) is 2. The molecule has 0 spiro atoms. The van der Waals surface area contributed by atoms with Crippen LogP contribution in [0.3, 0.4) is 0 Å². The van der Waals surface area contributed by atoms with Crippen LogP contribution in [0.4, 0.5) is 5.69 Å². The van der Waals surface area contributed by atoms with Crippen molar-refractivity contribution in [3.8, 4) is 0 Å². The fraction of sp³-hybridized carbons (Fsp3) is 0.533. The third-order valence-electron chi connectivity index (χ3n) is 4.16. The highest BCUT2D eigenvalue weighted by Crippen LogP contribution is 2.30. The number of rotatable bonds is 7. The van der Waals surface area contributed by atoms with Gasteiger partial charge in [-0.1, -0.05) is 26.0 Å². The third kappa shape index (κ3) is 4.14. The molecule has 0 radical (unpaired) electrons. The minimum Gasteiger partial charge on any atom is -0.460 e. The SMILES string of the molecule is CC(C)[C@@H]1C[C@@H]([C@H](CO)NS(=O)(=O)c2ccccc2[N+](=O)[O-])OC1=O. The molecule has 0 unspecified atom stereocenters. The molecule has 1 saturated heterocycles. The summed E-state index contributed by atoms with van der Waals surface area (Å²) in [6.45, 7) is 3.09. The van der Waals surface area contributed by atoms with E-state index >= 15 is 0 Å². The van der Waals surface area contributed by atoms with Gasteiger partial charge in [0.15, 0.2) is 4.90 Å². The minimum absolute atomic E-state index is 0.0173. The highest BCUT2D eigenvalue weighted by molar-refractivity contribution is 7.89. The monoisotopic (exact) mass is 372 g/mol. The van der Waals surface area contributed by atoms with Crippen molar-refractivity contribution in [2.24, 2.45) is 11.8 Å². The van der Waals surface area contributed by atoms with Crippen molar-refractivity contribution in [3.63, 3.8) is 0 Å². The van der Waals surface area contributed by atoms with Gasteiger partial charge in [0.25, 0.3) is 5.69 Å². The van der Waals surface area contributed by atoms with Crippen molar-refractivity contribution in [2.45, 2.75) is 37.3 Å². The van der Waals surface area contributed by atoms with Gasteiger partial charge in [-0.3, -0.25) is 14.9 Å². The number of carbonyl (C=O) groups is 1. The Morgan fingerprint density at radius 3 is 2.56 bits per heavy atom. The van der Waals surface area contributed by atoms with E-state index in [1.54, 1.807) is 0 Å². The van der Waals surface area contributed by atoms with Crippen LogP contribution in [0.15, 0.2) is 29.2 Å². The Hall–Kier alpha value is -2.04. The van der Waals surface area contributed by atoms with Gasteiger partial charge in [-0.15, -0.1) is 0 Å².